The molecule has 1 unspecified atom stereocenters. The highest BCUT2D eigenvalue weighted by Gasteiger charge is 2.42. The lowest BCUT2D eigenvalue weighted by molar-refractivity contribution is -0.236. The van der Waals surface area contributed by atoms with Crippen LogP contribution in [0, 0.1) is 0 Å². The summed E-state index contributed by atoms with van der Waals surface area (Å²) in [5.41, 5.74) is -0.285. The van der Waals surface area contributed by atoms with Gasteiger partial charge in [0, 0.05) is 0 Å². The topological polar surface area (TPSA) is 46.5 Å². The molecule has 1 aromatic carbocycles. The number of ether oxygens (including phenoxy) is 1. The van der Waals surface area contributed by atoms with E-state index in [9.17, 15) is 22.4 Å². The van der Waals surface area contributed by atoms with Crippen LogP contribution in [0.5, 0.6) is 5.75 Å². The van der Waals surface area contributed by atoms with Crippen molar-refractivity contribution in [2.24, 2.45) is 0 Å². The van der Waals surface area contributed by atoms with Crippen molar-refractivity contribution in [3.8, 4) is 5.75 Å². The van der Waals surface area contributed by atoms with Crippen LogP contribution in [-0.4, -0.2) is 23.6 Å². The standard InChI is InChI=1S/C9H6F4O3/c10-8(9(11,12)13)16-6-3-1-2-5(4-6)7(14)15/h1-4,8H,(H,14,15). The molecule has 0 aliphatic heterocycles. The van der Waals surface area contributed by atoms with E-state index in [-0.39, 0.29) is 5.56 Å². The van der Waals surface area contributed by atoms with E-state index in [1.165, 1.54) is 0 Å². The summed E-state index contributed by atoms with van der Waals surface area (Å²) in [5, 5.41) is 8.53. The molecule has 0 aliphatic carbocycles. The summed E-state index contributed by atoms with van der Waals surface area (Å²) in [4.78, 5) is 10.5. The summed E-state index contributed by atoms with van der Waals surface area (Å²) in [6.45, 7) is 0. The predicted octanol–water partition coefficient (Wildman–Crippen LogP) is 2.62. The molecule has 0 amide bonds. The predicted molar refractivity (Wildman–Crippen MR) is 45.0 cm³/mol. The third-order valence-corrected chi connectivity index (χ3v) is 1.58. The van der Waals surface area contributed by atoms with E-state index in [0.29, 0.717) is 0 Å². The second-order valence-corrected chi connectivity index (χ2v) is 2.81. The maximum atomic E-state index is 12.4. The van der Waals surface area contributed by atoms with Gasteiger partial charge in [0.15, 0.2) is 0 Å². The molecule has 16 heavy (non-hydrogen) atoms. The highest BCUT2D eigenvalue weighted by molar-refractivity contribution is 5.87. The number of carboxylic acid groups (broad SMARTS) is 1. The van der Waals surface area contributed by atoms with Gasteiger partial charge in [-0.15, -0.1) is 0 Å². The number of carbonyl (C=O) groups is 1. The molecule has 7 heteroatoms. The zero-order chi connectivity index (χ0) is 12.3. The van der Waals surface area contributed by atoms with Gasteiger partial charge in [-0.05, 0) is 18.2 Å². The lowest BCUT2D eigenvalue weighted by atomic mass is 10.2. The molecule has 0 heterocycles. The Hall–Kier alpha value is -1.79. The summed E-state index contributed by atoms with van der Waals surface area (Å²) in [6, 6.07) is 4.14. The number of hydrogen-bond donors (Lipinski definition) is 1. The van der Waals surface area contributed by atoms with Gasteiger partial charge < -0.3 is 9.84 Å². The van der Waals surface area contributed by atoms with Crippen LogP contribution in [0.15, 0.2) is 24.3 Å². The summed E-state index contributed by atoms with van der Waals surface area (Å²) >= 11 is 0. The average Bonchev–Trinajstić information content (AvgIpc) is 2.16. The largest absolute Gasteiger partial charge is 0.478 e. The van der Waals surface area contributed by atoms with E-state index >= 15 is 0 Å². The lowest BCUT2D eigenvalue weighted by Gasteiger charge is -2.14. The van der Waals surface area contributed by atoms with Crippen molar-refractivity contribution >= 4 is 5.97 Å². The SMILES string of the molecule is O=C(O)c1cccc(OC(F)C(F)(F)F)c1. The Kier molecular flexibility index (Phi) is 3.36. The first kappa shape index (κ1) is 12.3. The van der Waals surface area contributed by atoms with Crippen LogP contribution in [0.2, 0.25) is 0 Å². The molecule has 1 rings (SSSR count). The van der Waals surface area contributed by atoms with Crippen molar-refractivity contribution in [2.75, 3.05) is 0 Å². The molecule has 0 saturated heterocycles. The molecule has 1 aromatic rings. The number of halogens is 4. The highest BCUT2D eigenvalue weighted by atomic mass is 19.4. The van der Waals surface area contributed by atoms with Crippen molar-refractivity contribution in [1.29, 1.82) is 0 Å². The van der Waals surface area contributed by atoms with Crippen molar-refractivity contribution in [1.82, 2.24) is 0 Å². The number of carboxylic acids is 1. The molecule has 0 radical (unpaired) electrons. The van der Waals surface area contributed by atoms with Gasteiger partial charge in [0.05, 0.1) is 5.56 Å². The highest BCUT2D eigenvalue weighted by Crippen LogP contribution is 2.26. The van der Waals surface area contributed by atoms with Crippen molar-refractivity contribution in [3.05, 3.63) is 29.8 Å². The minimum Gasteiger partial charge on any atom is -0.478 e. The molecule has 0 spiro atoms. The van der Waals surface area contributed by atoms with Crippen LogP contribution in [0.4, 0.5) is 17.6 Å². The normalized spacial score (nSPS) is 13.2. The van der Waals surface area contributed by atoms with Gasteiger partial charge in [-0.25, -0.2) is 4.79 Å². The van der Waals surface area contributed by atoms with Gasteiger partial charge in [0.1, 0.15) is 5.75 Å². The Bertz CT molecular complexity index is 389. The first-order valence-corrected chi connectivity index (χ1v) is 4.01. The average molecular weight is 238 g/mol. The molecule has 3 nitrogen and oxygen atoms in total. The minimum atomic E-state index is -5.14. The third-order valence-electron chi connectivity index (χ3n) is 1.58. The van der Waals surface area contributed by atoms with Crippen LogP contribution in [0.25, 0.3) is 0 Å². The molecule has 0 saturated carbocycles. The van der Waals surface area contributed by atoms with E-state index in [1.807, 2.05) is 0 Å². The molecule has 88 valence electrons. The molecule has 0 bridgehead atoms. The van der Waals surface area contributed by atoms with Crippen LogP contribution in [0.1, 0.15) is 10.4 Å². The van der Waals surface area contributed by atoms with Crippen molar-refractivity contribution in [2.45, 2.75) is 12.5 Å². The molecule has 0 aromatic heterocycles. The maximum Gasteiger partial charge on any atom is 0.457 e. The zero-order valence-corrected chi connectivity index (χ0v) is 7.66. The van der Waals surface area contributed by atoms with E-state index in [0.717, 1.165) is 24.3 Å². The number of rotatable bonds is 3. The summed E-state index contributed by atoms with van der Waals surface area (Å²) in [6.07, 6.45) is -8.62. The number of alkyl halides is 4. The van der Waals surface area contributed by atoms with Crippen molar-refractivity contribution in [3.63, 3.8) is 0 Å². The Balaban J connectivity index is 2.82. The fraction of sp³-hybridized carbons (Fsp3) is 0.222. The minimum absolute atomic E-state index is 0.285. The number of aromatic carboxylic acids is 1. The second-order valence-electron chi connectivity index (χ2n) is 2.81. The molecule has 0 fully saturated rings. The zero-order valence-electron chi connectivity index (χ0n) is 7.66. The van der Waals surface area contributed by atoms with Crippen LogP contribution < -0.4 is 4.74 Å². The quantitative estimate of drug-likeness (QED) is 0.823. The monoisotopic (exact) mass is 238 g/mol. The number of benzene rings is 1. The van der Waals surface area contributed by atoms with Crippen LogP contribution >= 0.6 is 0 Å². The summed E-state index contributed by atoms with van der Waals surface area (Å²) < 4.78 is 51.7. The van der Waals surface area contributed by atoms with Gasteiger partial charge in [0.25, 0.3) is 0 Å². The van der Waals surface area contributed by atoms with Crippen LogP contribution in [-0.2, 0) is 0 Å². The smallest absolute Gasteiger partial charge is 0.457 e. The molecule has 1 N–H and O–H groups in total. The Labute approximate surface area is 87.3 Å². The van der Waals surface area contributed by atoms with E-state index < -0.39 is 24.3 Å². The summed E-state index contributed by atoms with van der Waals surface area (Å²) in [5.74, 6) is -1.84. The number of hydrogen-bond acceptors (Lipinski definition) is 2. The summed E-state index contributed by atoms with van der Waals surface area (Å²) in [7, 11) is 0. The van der Waals surface area contributed by atoms with E-state index in [1.54, 1.807) is 0 Å². The fourth-order valence-corrected chi connectivity index (χ4v) is 0.889. The fourth-order valence-electron chi connectivity index (χ4n) is 0.889. The maximum absolute atomic E-state index is 12.4. The van der Waals surface area contributed by atoms with Crippen molar-refractivity contribution < 1.29 is 32.2 Å². The Morgan fingerprint density at radius 2 is 2.00 bits per heavy atom. The second kappa shape index (κ2) is 4.38. The van der Waals surface area contributed by atoms with Gasteiger partial charge in [0.2, 0.25) is 0 Å². The van der Waals surface area contributed by atoms with Gasteiger partial charge in [-0.1, -0.05) is 6.07 Å². The Morgan fingerprint density at radius 3 is 2.50 bits per heavy atom. The van der Waals surface area contributed by atoms with E-state index in [4.69, 9.17) is 5.11 Å². The third kappa shape index (κ3) is 3.11. The lowest BCUT2D eigenvalue weighted by Crippen LogP contribution is -2.29. The van der Waals surface area contributed by atoms with E-state index in [2.05, 4.69) is 4.74 Å². The van der Waals surface area contributed by atoms with Gasteiger partial charge in [-0.3, -0.25) is 0 Å². The van der Waals surface area contributed by atoms with Gasteiger partial charge in [-0.2, -0.15) is 17.6 Å². The molecule has 1 atom stereocenters. The molecular weight excluding hydrogens is 232 g/mol. The Morgan fingerprint density at radius 1 is 1.38 bits per heavy atom. The first-order valence-electron chi connectivity index (χ1n) is 4.01. The first-order chi connectivity index (χ1) is 7.30. The molecular formula is C9H6F4O3. The molecule has 0 aliphatic rings. The van der Waals surface area contributed by atoms with Gasteiger partial charge >= 0.3 is 18.5 Å². The van der Waals surface area contributed by atoms with Crippen LogP contribution in [0.3, 0.4) is 0 Å².